The number of rotatable bonds is 9. The van der Waals surface area contributed by atoms with Crippen molar-refractivity contribution < 1.29 is 9.84 Å². The Bertz CT molecular complexity index is 1560. The van der Waals surface area contributed by atoms with Gasteiger partial charge in [0.15, 0.2) is 0 Å². The second-order valence-electron chi connectivity index (χ2n) is 10.3. The van der Waals surface area contributed by atoms with Gasteiger partial charge in [-0.1, -0.05) is 91.0 Å². The molecule has 0 spiro atoms. The Kier molecular flexibility index (Phi) is 7.85. The van der Waals surface area contributed by atoms with Gasteiger partial charge in [-0.05, 0) is 99.3 Å². The molecule has 5 rings (SSSR count). The standard InChI is InChI=1S/C34H34BrNO2/c1-24-9-4-6-12-30(24)33(27-16-15-25-17-18-29(38-23-35)22-28(25)21-27)34(37,19-20-36(2)3)32-14-8-11-26-10-5-7-13-31(26)32/h4-18,21-22,33,37H,19-20,23H2,1-3H3. The monoisotopic (exact) mass is 567 g/mol. The molecule has 0 fully saturated rings. The molecule has 0 aromatic heterocycles. The Morgan fingerprint density at radius 1 is 0.816 bits per heavy atom. The summed E-state index contributed by atoms with van der Waals surface area (Å²) in [5, 5.41) is 17.5. The van der Waals surface area contributed by atoms with Crippen LogP contribution in [0.15, 0.2) is 103 Å². The van der Waals surface area contributed by atoms with Gasteiger partial charge in [0.25, 0.3) is 0 Å². The fourth-order valence-electron chi connectivity index (χ4n) is 5.63. The fourth-order valence-corrected chi connectivity index (χ4v) is 5.89. The largest absolute Gasteiger partial charge is 0.482 e. The molecule has 0 saturated carbocycles. The van der Waals surface area contributed by atoms with Crippen LogP contribution in [0.1, 0.15) is 34.6 Å². The molecule has 5 aromatic rings. The first-order valence-corrected chi connectivity index (χ1v) is 14.2. The zero-order chi connectivity index (χ0) is 26.7. The quantitative estimate of drug-likeness (QED) is 0.183. The molecule has 3 nitrogen and oxygen atoms in total. The van der Waals surface area contributed by atoms with E-state index in [1.54, 1.807) is 0 Å². The van der Waals surface area contributed by atoms with Crippen LogP contribution in [0.25, 0.3) is 21.5 Å². The lowest BCUT2D eigenvalue weighted by molar-refractivity contribution is 0.00575. The molecule has 0 aliphatic carbocycles. The molecule has 2 atom stereocenters. The minimum atomic E-state index is -1.16. The molecule has 4 heteroatoms. The number of aryl methyl sites for hydroxylation is 1. The Hall–Kier alpha value is -3.18. The first-order chi connectivity index (χ1) is 18.4. The van der Waals surface area contributed by atoms with Gasteiger partial charge < -0.3 is 14.7 Å². The number of halogens is 1. The van der Waals surface area contributed by atoms with Crippen molar-refractivity contribution in [3.05, 3.63) is 125 Å². The van der Waals surface area contributed by atoms with Crippen molar-refractivity contribution in [2.75, 3.05) is 26.2 Å². The summed E-state index contributed by atoms with van der Waals surface area (Å²) in [6.07, 6.45) is 0.581. The number of fused-ring (bicyclic) bond motifs is 2. The van der Waals surface area contributed by atoms with Gasteiger partial charge in [0.2, 0.25) is 0 Å². The van der Waals surface area contributed by atoms with E-state index in [2.05, 4.69) is 139 Å². The minimum absolute atomic E-state index is 0.278. The Labute approximate surface area is 233 Å². The van der Waals surface area contributed by atoms with E-state index in [-0.39, 0.29) is 5.92 Å². The predicted molar refractivity (Wildman–Crippen MR) is 162 cm³/mol. The zero-order valence-electron chi connectivity index (χ0n) is 22.2. The van der Waals surface area contributed by atoms with Gasteiger partial charge >= 0.3 is 0 Å². The summed E-state index contributed by atoms with van der Waals surface area (Å²) in [5.74, 6) is 0.537. The van der Waals surface area contributed by atoms with Crippen LogP contribution in [0.2, 0.25) is 0 Å². The number of nitrogens with zero attached hydrogens (tertiary/aromatic N) is 1. The average Bonchev–Trinajstić information content (AvgIpc) is 2.93. The fraction of sp³-hybridized carbons (Fsp3) is 0.235. The third kappa shape index (κ3) is 5.22. The maximum Gasteiger partial charge on any atom is 0.143 e. The molecule has 0 radical (unpaired) electrons. The van der Waals surface area contributed by atoms with Gasteiger partial charge in [-0.3, -0.25) is 0 Å². The average molecular weight is 569 g/mol. The molecular formula is C34H34BrNO2. The van der Waals surface area contributed by atoms with Crippen molar-refractivity contribution in [1.29, 1.82) is 0 Å². The van der Waals surface area contributed by atoms with Crippen molar-refractivity contribution in [2.45, 2.75) is 24.9 Å². The highest BCUT2D eigenvalue weighted by Gasteiger charge is 2.42. The van der Waals surface area contributed by atoms with Crippen LogP contribution in [-0.2, 0) is 5.60 Å². The maximum absolute atomic E-state index is 13.1. The molecule has 0 aliphatic heterocycles. The van der Waals surface area contributed by atoms with E-state index in [9.17, 15) is 5.11 Å². The van der Waals surface area contributed by atoms with Crippen LogP contribution < -0.4 is 4.74 Å². The Balaban J connectivity index is 1.79. The molecule has 5 aromatic carbocycles. The summed E-state index contributed by atoms with van der Waals surface area (Å²) in [6.45, 7) is 2.89. The number of benzene rings is 5. The molecule has 0 amide bonds. The lowest BCUT2D eigenvalue weighted by Gasteiger charge is -2.40. The summed E-state index contributed by atoms with van der Waals surface area (Å²) in [5.41, 5.74) is 3.62. The van der Waals surface area contributed by atoms with E-state index < -0.39 is 5.60 Å². The molecule has 38 heavy (non-hydrogen) atoms. The molecule has 0 aliphatic rings. The van der Waals surface area contributed by atoms with E-state index in [0.717, 1.165) is 56.1 Å². The number of hydrogen-bond donors (Lipinski definition) is 1. The number of ether oxygens (including phenoxy) is 1. The van der Waals surface area contributed by atoms with Crippen LogP contribution in [0.5, 0.6) is 5.75 Å². The Morgan fingerprint density at radius 2 is 1.55 bits per heavy atom. The van der Waals surface area contributed by atoms with E-state index in [1.807, 2.05) is 6.07 Å². The summed E-state index contributed by atoms with van der Waals surface area (Å²) >= 11 is 3.37. The van der Waals surface area contributed by atoms with Crippen molar-refractivity contribution in [3.8, 4) is 5.75 Å². The summed E-state index contributed by atoms with van der Waals surface area (Å²) < 4.78 is 5.73. The van der Waals surface area contributed by atoms with Crippen LogP contribution >= 0.6 is 15.9 Å². The highest BCUT2D eigenvalue weighted by molar-refractivity contribution is 9.09. The van der Waals surface area contributed by atoms with Gasteiger partial charge in [0.1, 0.15) is 16.9 Å². The van der Waals surface area contributed by atoms with Crippen LogP contribution in [-0.4, -0.2) is 36.2 Å². The SMILES string of the molecule is Cc1ccccc1C(c1ccc2ccc(OCBr)cc2c1)C(O)(CCN(C)C)c1cccc2ccccc12. The van der Waals surface area contributed by atoms with Crippen molar-refractivity contribution in [3.63, 3.8) is 0 Å². The van der Waals surface area contributed by atoms with Gasteiger partial charge in [-0.25, -0.2) is 0 Å². The lowest BCUT2D eigenvalue weighted by atomic mass is 9.69. The smallest absolute Gasteiger partial charge is 0.143 e. The third-order valence-electron chi connectivity index (χ3n) is 7.56. The highest BCUT2D eigenvalue weighted by Crippen LogP contribution is 2.47. The summed E-state index contributed by atoms with van der Waals surface area (Å²) in [4.78, 5) is 2.15. The molecule has 0 heterocycles. The molecule has 2 unspecified atom stereocenters. The topological polar surface area (TPSA) is 32.7 Å². The van der Waals surface area contributed by atoms with E-state index in [4.69, 9.17) is 4.74 Å². The van der Waals surface area contributed by atoms with E-state index >= 15 is 0 Å². The highest BCUT2D eigenvalue weighted by atomic mass is 79.9. The molecule has 194 valence electrons. The van der Waals surface area contributed by atoms with E-state index in [1.165, 1.54) is 0 Å². The number of alkyl halides is 1. The van der Waals surface area contributed by atoms with Crippen LogP contribution in [0.4, 0.5) is 0 Å². The zero-order valence-corrected chi connectivity index (χ0v) is 23.8. The number of hydrogen-bond acceptors (Lipinski definition) is 3. The van der Waals surface area contributed by atoms with Gasteiger partial charge in [-0.15, -0.1) is 0 Å². The molecular weight excluding hydrogens is 534 g/mol. The second-order valence-corrected chi connectivity index (χ2v) is 10.8. The first kappa shape index (κ1) is 26.4. The van der Waals surface area contributed by atoms with Crippen molar-refractivity contribution >= 4 is 37.5 Å². The molecule has 0 bridgehead atoms. The number of aliphatic hydroxyl groups is 1. The van der Waals surface area contributed by atoms with Gasteiger partial charge in [0.05, 0.1) is 0 Å². The second kappa shape index (κ2) is 11.3. The van der Waals surface area contributed by atoms with E-state index in [0.29, 0.717) is 11.9 Å². The van der Waals surface area contributed by atoms with Gasteiger partial charge in [-0.2, -0.15) is 0 Å². The molecule has 0 saturated heterocycles. The van der Waals surface area contributed by atoms with Crippen molar-refractivity contribution in [2.24, 2.45) is 0 Å². The van der Waals surface area contributed by atoms with Crippen molar-refractivity contribution in [1.82, 2.24) is 4.90 Å². The summed E-state index contributed by atoms with van der Waals surface area (Å²) in [6, 6.07) is 35.8. The van der Waals surface area contributed by atoms with Gasteiger partial charge in [0, 0.05) is 12.5 Å². The lowest BCUT2D eigenvalue weighted by Crippen LogP contribution is -2.38. The van der Waals surface area contributed by atoms with Crippen LogP contribution in [0, 0.1) is 6.92 Å². The minimum Gasteiger partial charge on any atom is -0.482 e. The van der Waals surface area contributed by atoms with Crippen LogP contribution in [0.3, 0.4) is 0 Å². The Morgan fingerprint density at radius 3 is 2.34 bits per heavy atom. The third-order valence-corrected chi connectivity index (χ3v) is 7.79. The predicted octanol–water partition coefficient (Wildman–Crippen LogP) is 8.00. The molecule has 1 N–H and O–H groups in total. The first-order valence-electron chi connectivity index (χ1n) is 13.0. The normalized spacial score (nSPS) is 14.1. The maximum atomic E-state index is 13.1. The summed E-state index contributed by atoms with van der Waals surface area (Å²) in [7, 11) is 4.13.